The molecule has 3 N–H and O–H groups in total. The summed E-state index contributed by atoms with van der Waals surface area (Å²) in [5, 5.41) is 7.15. The van der Waals surface area contributed by atoms with Crippen LogP contribution in [0.2, 0.25) is 0 Å². The van der Waals surface area contributed by atoms with Gasteiger partial charge >= 0.3 is 0 Å². The Morgan fingerprint density at radius 1 is 1.69 bits per heavy atom. The van der Waals surface area contributed by atoms with Crippen molar-refractivity contribution in [2.45, 2.75) is 25.8 Å². The van der Waals surface area contributed by atoms with Crippen LogP contribution >= 0.6 is 0 Å². The lowest BCUT2D eigenvalue weighted by atomic mass is 10.2. The summed E-state index contributed by atoms with van der Waals surface area (Å²) in [6.45, 7) is 5.76. The Morgan fingerprint density at radius 3 is 2.92 bits per heavy atom. The van der Waals surface area contributed by atoms with Gasteiger partial charge in [-0.1, -0.05) is 6.92 Å². The molecule has 0 aromatic carbocycles. The zero-order valence-electron chi connectivity index (χ0n) is 8.25. The van der Waals surface area contributed by atoms with Crippen molar-refractivity contribution < 1.29 is 4.74 Å². The van der Waals surface area contributed by atoms with Gasteiger partial charge in [0.15, 0.2) is 0 Å². The fourth-order valence-corrected chi connectivity index (χ4v) is 1.67. The summed E-state index contributed by atoms with van der Waals surface area (Å²) >= 11 is 0. The van der Waals surface area contributed by atoms with Gasteiger partial charge in [0, 0.05) is 25.6 Å². The molecule has 0 radical (unpaired) electrons. The number of nitrogens with two attached hydrogens (primary N) is 1. The Bertz CT molecular complexity index is 166. The first-order valence-corrected chi connectivity index (χ1v) is 4.88. The zero-order chi connectivity index (χ0) is 9.68. The number of hydrogen-bond acceptors (Lipinski definition) is 3. The van der Waals surface area contributed by atoms with Gasteiger partial charge in [0.1, 0.15) is 0 Å². The van der Waals surface area contributed by atoms with E-state index in [9.17, 15) is 0 Å². The number of ether oxygens (including phenoxy) is 1. The van der Waals surface area contributed by atoms with Gasteiger partial charge in [-0.15, -0.1) is 0 Å². The molecule has 0 aliphatic carbocycles. The zero-order valence-corrected chi connectivity index (χ0v) is 8.25. The van der Waals surface area contributed by atoms with E-state index in [0.717, 1.165) is 32.7 Å². The molecule has 1 unspecified atom stereocenters. The first-order chi connectivity index (χ1) is 6.24. The number of hydrogen-bond donors (Lipinski definition) is 2. The highest BCUT2D eigenvalue weighted by atomic mass is 16.5. The van der Waals surface area contributed by atoms with Crippen molar-refractivity contribution in [1.29, 1.82) is 5.41 Å². The van der Waals surface area contributed by atoms with E-state index in [4.69, 9.17) is 15.9 Å². The lowest BCUT2D eigenvalue weighted by molar-refractivity contribution is 0.149. The second kappa shape index (κ2) is 5.19. The molecule has 0 spiro atoms. The molecule has 1 rings (SSSR count). The molecule has 0 aromatic heterocycles. The highest BCUT2D eigenvalue weighted by Crippen LogP contribution is 2.12. The van der Waals surface area contributed by atoms with Crippen molar-refractivity contribution in [2.75, 3.05) is 26.3 Å². The summed E-state index contributed by atoms with van der Waals surface area (Å²) in [7, 11) is 0. The standard InChI is InChI=1S/C9H19N3O/c1-2-12(5-3-9(10)11)8-4-6-13-7-8/h8H,2-7H2,1H3,(H3,10,11). The third-order valence-corrected chi connectivity index (χ3v) is 2.50. The van der Waals surface area contributed by atoms with Gasteiger partial charge in [-0.3, -0.25) is 10.3 Å². The Morgan fingerprint density at radius 2 is 2.46 bits per heavy atom. The molecule has 1 aliphatic rings. The van der Waals surface area contributed by atoms with Crippen molar-refractivity contribution >= 4 is 5.84 Å². The summed E-state index contributed by atoms with van der Waals surface area (Å²) in [5.74, 6) is 0.275. The van der Waals surface area contributed by atoms with Crippen LogP contribution in [0, 0.1) is 5.41 Å². The van der Waals surface area contributed by atoms with E-state index in [1.165, 1.54) is 0 Å². The Kier molecular flexibility index (Phi) is 4.18. The minimum Gasteiger partial charge on any atom is -0.388 e. The number of amidine groups is 1. The van der Waals surface area contributed by atoms with E-state index in [1.54, 1.807) is 0 Å². The van der Waals surface area contributed by atoms with Gasteiger partial charge in [0.25, 0.3) is 0 Å². The highest BCUT2D eigenvalue weighted by molar-refractivity contribution is 5.76. The van der Waals surface area contributed by atoms with Gasteiger partial charge in [0.2, 0.25) is 0 Å². The SMILES string of the molecule is CCN(CCC(=N)N)C1CCOC1. The van der Waals surface area contributed by atoms with Crippen LogP contribution in [0.5, 0.6) is 0 Å². The maximum absolute atomic E-state index is 7.15. The predicted octanol–water partition coefficient (Wildman–Crippen LogP) is 0.423. The minimum absolute atomic E-state index is 0.275. The summed E-state index contributed by atoms with van der Waals surface area (Å²) < 4.78 is 5.32. The van der Waals surface area contributed by atoms with Crippen molar-refractivity contribution in [3.63, 3.8) is 0 Å². The Hall–Kier alpha value is -0.610. The fraction of sp³-hybridized carbons (Fsp3) is 0.889. The van der Waals surface area contributed by atoms with E-state index < -0.39 is 0 Å². The predicted molar refractivity (Wildman–Crippen MR) is 53.0 cm³/mol. The molecule has 0 saturated carbocycles. The molecule has 1 atom stereocenters. The second-order valence-electron chi connectivity index (χ2n) is 3.42. The molecule has 13 heavy (non-hydrogen) atoms. The molecule has 1 fully saturated rings. The summed E-state index contributed by atoms with van der Waals surface area (Å²) in [4.78, 5) is 2.34. The third-order valence-electron chi connectivity index (χ3n) is 2.50. The Balaban J connectivity index is 2.28. The molecule has 1 aliphatic heterocycles. The van der Waals surface area contributed by atoms with Crippen molar-refractivity contribution in [3.05, 3.63) is 0 Å². The molecule has 1 heterocycles. The minimum atomic E-state index is 0.275. The third kappa shape index (κ3) is 3.32. The summed E-state index contributed by atoms with van der Waals surface area (Å²) in [6.07, 6.45) is 1.79. The molecule has 4 nitrogen and oxygen atoms in total. The summed E-state index contributed by atoms with van der Waals surface area (Å²) in [5.41, 5.74) is 5.32. The first-order valence-electron chi connectivity index (χ1n) is 4.88. The molecular weight excluding hydrogens is 166 g/mol. The average molecular weight is 185 g/mol. The van der Waals surface area contributed by atoms with Crippen LogP contribution in [-0.4, -0.2) is 43.1 Å². The van der Waals surface area contributed by atoms with Crippen molar-refractivity contribution in [1.82, 2.24) is 4.90 Å². The van der Waals surface area contributed by atoms with E-state index in [-0.39, 0.29) is 5.84 Å². The first kappa shape index (κ1) is 10.5. The van der Waals surface area contributed by atoms with Crippen molar-refractivity contribution in [3.8, 4) is 0 Å². The monoisotopic (exact) mass is 185 g/mol. The van der Waals surface area contributed by atoms with Crippen LogP contribution < -0.4 is 5.73 Å². The smallest absolute Gasteiger partial charge is 0.0918 e. The van der Waals surface area contributed by atoms with Crippen LogP contribution in [0.1, 0.15) is 19.8 Å². The average Bonchev–Trinajstić information content (AvgIpc) is 2.58. The van der Waals surface area contributed by atoms with Gasteiger partial charge < -0.3 is 10.5 Å². The van der Waals surface area contributed by atoms with E-state index >= 15 is 0 Å². The molecule has 0 bridgehead atoms. The molecule has 76 valence electrons. The molecule has 1 saturated heterocycles. The fourth-order valence-electron chi connectivity index (χ4n) is 1.67. The lowest BCUT2D eigenvalue weighted by Crippen LogP contribution is -2.37. The van der Waals surface area contributed by atoms with Crippen molar-refractivity contribution in [2.24, 2.45) is 5.73 Å². The van der Waals surface area contributed by atoms with E-state index in [1.807, 2.05) is 0 Å². The van der Waals surface area contributed by atoms with Crippen LogP contribution in [0.4, 0.5) is 0 Å². The van der Waals surface area contributed by atoms with Gasteiger partial charge in [-0.25, -0.2) is 0 Å². The topological polar surface area (TPSA) is 62.3 Å². The van der Waals surface area contributed by atoms with E-state index in [2.05, 4.69) is 11.8 Å². The quantitative estimate of drug-likeness (QED) is 0.482. The normalized spacial score (nSPS) is 22.5. The summed E-state index contributed by atoms with van der Waals surface area (Å²) in [6, 6.07) is 0.546. The second-order valence-corrected chi connectivity index (χ2v) is 3.42. The largest absolute Gasteiger partial charge is 0.388 e. The molecular formula is C9H19N3O. The number of nitrogens with zero attached hydrogens (tertiary/aromatic N) is 1. The maximum Gasteiger partial charge on any atom is 0.0918 e. The van der Waals surface area contributed by atoms with Crippen LogP contribution in [0.25, 0.3) is 0 Å². The maximum atomic E-state index is 7.15. The molecule has 0 aromatic rings. The van der Waals surface area contributed by atoms with E-state index in [0.29, 0.717) is 12.5 Å². The van der Waals surface area contributed by atoms with Crippen LogP contribution in [0.15, 0.2) is 0 Å². The van der Waals surface area contributed by atoms with Crippen LogP contribution in [-0.2, 0) is 4.74 Å². The van der Waals surface area contributed by atoms with Gasteiger partial charge in [-0.05, 0) is 13.0 Å². The number of rotatable bonds is 5. The molecule has 4 heteroatoms. The molecule has 0 amide bonds. The number of nitrogens with one attached hydrogen (secondary N) is 1. The van der Waals surface area contributed by atoms with Gasteiger partial charge in [0.05, 0.1) is 12.4 Å². The van der Waals surface area contributed by atoms with Crippen LogP contribution in [0.3, 0.4) is 0 Å². The number of likely N-dealkylation sites (N-methyl/N-ethyl adjacent to an activating group) is 1. The lowest BCUT2D eigenvalue weighted by Gasteiger charge is -2.25. The van der Waals surface area contributed by atoms with Gasteiger partial charge in [-0.2, -0.15) is 0 Å². The Labute approximate surface area is 79.6 Å². The highest BCUT2D eigenvalue weighted by Gasteiger charge is 2.21.